The summed E-state index contributed by atoms with van der Waals surface area (Å²) in [6.45, 7) is 1.45. The minimum Gasteiger partial charge on any atom is -0.489 e. The van der Waals surface area contributed by atoms with Crippen LogP contribution >= 0.6 is 0 Å². The van der Waals surface area contributed by atoms with Crippen molar-refractivity contribution in [3.8, 4) is 11.8 Å². The highest BCUT2D eigenvalue weighted by molar-refractivity contribution is 5.68. The topological polar surface area (TPSA) is 84.7 Å². The second-order valence-corrected chi connectivity index (χ2v) is 7.89. The molecule has 1 aliphatic heterocycles. The Balaban J connectivity index is 1.37. The molecule has 170 valence electrons. The van der Waals surface area contributed by atoms with Crippen LogP contribution in [0.1, 0.15) is 51.0 Å². The zero-order chi connectivity index (χ0) is 22.4. The number of likely N-dealkylation sites (tertiary alicyclic amines) is 1. The molecule has 2 heterocycles. The van der Waals surface area contributed by atoms with Gasteiger partial charge in [0.05, 0.1) is 18.3 Å². The van der Waals surface area contributed by atoms with Gasteiger partial charge in [0.15, 0.2) is 6.10 Å². The molecule has 0 aromatic carbocycles. The third-order valence-electron chi connectivity index (χ3n) is 5.64. The zero-order valence-electron chi connectivity index (χ0n) is 17.3. The van der Waals surface area contributed by atoms with E-state index < -0.39 is 18.4 Å². The van der Waals surface area contributed by atoms with E-state index in [0.717, 1.165) is 32.6 Å². The third kappa shape index (κ3) is 6.47. The molecule has 1 aliphatic carbocycles. The summed E-state index contributed by atoms with van der Waals surface area (Å²) in [5, 5.41) is 9.13. The lowest BCUT2D eigenvalue weighted by Crippen LogP contribution is -2.44. The van der Waals surface area contributed by atoms with E-state index in [1.165, 1.54) is 11.1 Å². The highest BCUT2D eigenvalue weighted by Gasteiger charge is 2.40. The number of alkyl halides is 3. The standard InChI is InChI=1S/C21H26F3N3O4/c1-14(21(22,23)24)29-20(28)27-10-7-18(8-11-27)30-16-2-4-17(5-3-16)31-19-6-9-26-13-15(19)12-25/h6,9,13-14,16-18H,2-5,7-8,10-11H2,1H3/t14-,16?,17?/m0/s1. The number of carbonyl (C=O) groups excluding carboxylic acids is 1. The van der Waals surface area contributed by atoms with Gasteiger partial charge in [-0.25, -0.2) is 4.79 Å². The Morgan fingerprint density at radius 3 is 2.39 bits per heavy atom. The van der Waals surface area contributed by atoms with Crippen molar-refractivity contribution in [1.29, 1.82) is 5.26 Å². The lowest BCUT2D eigenvalue weighted by molar-refractivity contribution is -0.200. The van der Waals surface area contributed by atoms with Gasteiger partial charge < -0.3 is 19.1 Å². The summed E-state index contributed by atoms with van der Waals surface area (Å²) < 4.78 is 54.3. The molecule has 1 aromatic rings. The van der Waals surface area contributed by atoms with Gasteiger partial charge in [0.1, 0.15) is 17.4 Å². The predicted molar refractivity (Wildman–Crippen MR) is 103 cm³/mol. The molecule has 0 bridgehead atoms. The first-order chi connectivity index (χ1) is 14.8. The quantitative estimate of drug-likeness (QED) is 0.681. The Hall–Kier alpha value is -2.54. The van der Waals surface area contributed by atoms with Gasteiger partial charge >= 0.3 is 12.3 Å². The summed E-state index contributed by atoms with van der Waals surface area (Å²) in [5.74, 6) is 0.543. The first-order valence-corrected chi connectivity index (χ1v) is 10.4. The van der Waals surface area contributed by atoms with E-state index in [1.807, 2.05) is 0 Å². The summed E-state index contributed by atoms with van der Waals surface area (Å²) in [6, 6.07) is 3.76. The minimum absolute atomic E-state index is 0.0154. The second-order valence-electron chi connectivity index (χ2n) is 7.89. The first kappa shape index (κ1) is 23.1. The molecule has 10 heteroatoms. The number of ether oxygens (including phenoxy) is 3. The van der Waals surface area contributed by atoms with Gasteiger partial charge in [0.2, 0.25) is 0 Å². The second kappa shape index (κ2) is 10.2. The van der Waals surface area contributed by atoms with Crippen LogP contribution in [-0.2, 0) is 9.47 Å². The van der Waals surface area contributed by atoms with Crippen LogP contribution in [0.4, 0.5) is 18.0 Å². The van der Waals surface area contributed by atoms with Crippen molar-refractivity contribution in [2.24, 2.45) is 0 Å². The number of nitriles is 1. The van der Waals surface area contributed by atoms with Gasteiger partial charge in [-0.05, 0) is 51.5 Å². The Kier molecular flexibility index (Phi) is 7.59. The van der Waals surface area contributed by atoms with Gasteiger partial charge in [-0.1, -0.05) is 0 Å². The van der Waals surface area contributed by atoms with Crippen LogP contribution < -0.4 is 4.74 Å². The van der Waals surface area contributed by atoms with Crippen LogP contribution in [0, 0.1) is 11.3 Å². The number of carbonyl (C=O) groups is 1. The van der Waals surface area contributed by atoms with E-state index in [-0.39, 0.29) is 18.3 Å². The van der Waals surface area contributed by atoms with Crippen LogP contribution in [0.2, 0.25) is 0 Å². The average molecular weight is 441 g/mol. The molecule has 1 atom stereocenters. The van der Waals surface area contributed by atoms with Crippen molar-refractivity contribution < 1.29 is 32.2 Å². The molecule has 0 spiro atoms. The molecule has 2 aliphatic rings. The van der Waals surface area contributed by atoms with Crippen molar-refractivity contribution in [2.75, 3.05) is 13.1 Å². The number of piperidine rings is 1. The maximum Gasteiger partial charge on any atom is 0.425 e. The van der Waals surface area contributed by atoms with Crippen molar-refractivity contribution in [1.82, 2.24) is 9.88 Å². The monoisotopic (exact) mass is 441 g/mol. The van der Waals surface area contributed by atoms with Crippen molar-refractivity contribution >= 4 is 6.09 Å². The summed E-state index contributed by atoms with van der Waals surface area (Å²) in [4.78, 5) is 17.1. The molecular weight excluding hydrogens is 415 g/mol. The van der Waals surface area contributed by atoms with Crippen LogP contribution in [0.5, 0.6) is 5.75 Å². The average Bonchev–Trinajstić information content (AvgIpc) is 2.75. The fourth-order valence-corrected chi connectivity index (χ4v) is 3.77. The van der Waals surface area contributed by atoms with E-state index in [2.05, 4.69) is 15.8 Å². The number of aromatic nitrogens is 1. The number of hydrogen-bond donors (Lipinski definition) is 0. The van der Waals surface area contributed by atoms with Gasteiger partial charge in [-0.15, -0.1) is 0 Å². The SMILES string of the molecule is C[C@H](OC(=O)N1CCC(OC2CCC(Oc3ccncc3C#N)CC2)CC1)C(F)(F)F. The first-order valence-electron chi connectivity index (χ1n) is 10.4. The molecule has 7 nitrogen and oxygen atoms in total. The number of amides is 1. The molecule has 31 heavy (non-hydrogen) atoms. The Bertz CT molecular complexity index is 783. The van der Waals surface area contributed by atoms with Gasteiger partial charge in [-0.3, -0.25) is 4.98 Å². The smallest absolute Gasteiger partial charge is 0.425 e. The highest BCUT2D eigenvalue weighted by atomic mass is 19.4. The van der Waals surface area contributed by atoms with E-state index in [1.54, 1.807) is 12.3 Å². The Labute approximate surface area is 179 Å². The highest BCUT2D eigenvalue weighted by Crippen LogP contribution is 2.29. The normalized spacial score (nSPS) is 23.6. The lowest BCUT2D eigenvalue weighted by atomic mass is 9.94. The van der Waals surface area contributed by atoms with E-state index in [0.29, 0.717) is 37.2 Å². The van der Waals surface area contributed by atoms with E-state index >= 15 is 0 Å². The molecular formula is C21H26F3N3O4. The van der Waals surface area contributed by atoms with Crippen molar-refractivity contribution in [3.63, 3.8) is 0 Å². The van der Waals surface area contributed by atoms with Crippen LogP contribution in [-0.4, -0.2) is 59.7 Å². The van der Waals surface area contributed by atoms with Crippen molar-refractivity contribution in [2.45, 2.75) is 76.0 Å². The molecule has 2 fully saturated rings. The van der Waals surface area contributed by atoms with E-state index in [9.17, 15) is 18.0 Å². The molecule has 3 rings (SSSR count). The molecule has 0 unspecified atom stereocenters. The number of hydrogen-bond acceptors (Lipinski definition) is 6. The zero-order valence-corrected chi connectivity index (χ0v) is 17.3. The Morgan fingerprint density at radius 1 is 1.16 bits per heavy atom. The third-order valence-corrected chi connectivity index (χ3v) is 5.64. The van der Waals surface area contributed by atoms with Crippen LogP contribution in [0.25, 0.3) is 0 Å². The van der Waals surface area contributed by atoms with E-state index in [4.69, 9.17) is 14.7 Å². The van der Waals surface area contributed by atoms with Gasteiger partial charge in [-0.2, -0.15) is 18.4 Å². The molecule has 1 amide bonds. The Morgan fingerprint density at radius 2 is 1.77 bits per heavy atom. The van der Waals surface area contributed by atoms with Crippen LogP contribution in [0.3, 0.4) is 0 Å². The summed E-state index contributed by atoms with van der Waals surface area (Å²) in [6.07, 6.45) is -0.0947. The molecule has 1 saturated carbocycles. The summed E-state index contributed by atoms with van der Waals surface area (Å²) in [5.41, 5.74) is 0.413. The fraction of sp³-hybridized carbons (Fsp3) is 0.667. The number of halogens is 3. The minimum atomic E-state index is -4.56. The maximum absolute atomic E-state index is 12.5. The number of rotatable bonds is 5. The fourth-order valence-electron chi connectivity index (χ4n) is 3.77. The molecule has 1 saturated heterocycles. The predicted octanol–water partition coefficient (Wildman–Crippen LogP) is 4.21. The summed E-state index contributed by atoms with van der Waals surface area (Å²) >= 11 is 0. The lowest BCUT2D eigenvalue weighted by Gasteiger charge is -2.36. The maximum atomic E-state index is 12.5. The molecule has 0 N–H and O–H groups in total. The van der Waals surface area contributed by atoms with Crippen molar-refractivity contribution in [3.05, 3.63) is 24.0 Å². The molecule has 1 aromatic heterocycles. The van der Waals surface area contributed by atoms with Gasteiger partial charge in [0.25, 0.3) is 0 Å². The number of nitrogens with zero attached hydrogens (tertiary/aromatic N) is 3. The molecule has 0 radical (unpaired) electrons. The van der Waals surface area contributed by atoms with Crippen LogP contribution in [0.15, 0.2) is 18.5 Å². The van der Waals surface area contributed by atoms with Gasteiger partial charge in [0, 0.05) is 25.5 Å². The number of pyridine rings is 1. The largest absolute Gasteiger partial charge is 0.489 e. The summed E-state index contributed by atoms with van der Waals surface area (Å²) in [7, 11) is 0.